The molecule has 3 aliphatic rings. The third-order valence-corrected chi connectivity index (χ3v) is 15.1. The van der Waals surface area contributed by atoms with Gasteiger partial charge in [0.15, 0.2) is 0 Å². The van der Waals surface area contributed by atoms with Crippen LogP contribution in [0.4, 0.5) is 0 Å². The van der Waals surface area contributed by atoms with E-state index in [1.807, 2.05) is 0 Å². The highest BCUT2D eigenvalue weighted by Crippen LogP contribution is 2.59. The molecule has 0 amide bonds. The largest absolute Gasteiger partial charge is 0.299 e. The molecule has 0 bridgehead atoms. The van der Waals surface area contributed by atoms with Crippen LogP contribution in [-0.2, 0) is 11.2 Å². The number of carbonyl (C=O) groups excluding carboxylic acids is 1. The van der Waals surface area contributed by atoms with Crippen LogP contribution in [0, 0.1) is 17.3 Å². The fourth-order valence-electron chi connectivity index (χ4n) is 7.24. The van der Waals surface area contributed by atoms with E-state index in [9.17, 15) is 4.79 Å². The summed E-state index contributed by atoms with van der Waals surface area (Å²) in [5.41, 5.74) is 4.60. The smallest absolute Gasteiger partial charge is 0.139 e. The van der Waals surface area contributed by atoms with E-state index in [1.54, 1.807) is 11.1 Å². The Hall–Kier alpha value is -1.15. The first-order chi connectivity index (χ1) is 13.4. The molecule has 0 N–H and O–H groups in total. The molecule has 4 rings (SSSR count). The van der Waals surface area contributed by atoms with E-state index in [2.05, 4.69) is 52.5 Å². The molecule has 0 aromatic heterocycles. The zero-order valence-corrected chi connectivity index (χ0v) is 19.4. The minimum absolute atomic E-state index is 0.0124. The first-order valence-corrected chi connectivity index (χ1v) is 14.4. The highest BCUT2D eigenvalue weighted by Gasteiger charge is 2.54. The summed E-state index contributed by atoms with van der Waals surface area (Å²) in [5.74, 6) is 2.58. The summed E-state index contributed by atoms with van der Waals surface area (Å²) in [6.45, 7) is 14.0. The third-order valence-electron chi connectivity index (χ3n) is 9.45. The standard InChI is InChI=1S/C26H38OSi/c1-6-28(7-2,8-3)18(4)19-9-11-21-20(17-19)10-12-23-22(21)15-16-26(5)24(23)13-14-25(26)27/h9,11,17,22-24H,4,6-8,10,12-16H2,1-3,5H3/t22-,23-,24+,26+/m1/s1. The molecule has 2 saturated carbocycles. The molecule has 0 aliphatic heterocycles. The van der Waals surface area contributed by atoms with Crippen LogP contribution in [0.5, 0.6) is 0 Å². The Morgan fingerprint density at radius 2 is 1.82 bits per heavy atom. The van der Waals surface area contributed by atoms with Crippen molar-refractivity contribution < 1.29 is 4.79 Å². The Morgan fingerprint density at radius 3 is 2.50 bits per heavy atom. The van der Waals surface area contributed by atoms with E-state index < -0.39 is 8.07 Å². The Bertz CT molecular complexity index is 781. The van der Waals surface area contributed by atoms with Gasteiger partial charge in [0.25, 0.3) is 0 Å². The summed E-state index contributed by atoms with van der Waals surface area (Å²) >= 11 is 0. The molecule has 3 aliphatic carbocycles. The number of aryl methyl sites for hydroxylation is 1. The van der Waals surface area contributed by atoms with Gasteiger partial charge in [0.1, 0.15) is 5.78 Å². The molecule has 0 spiro atoms. The first-order valence-electron chi connectivity index (χ1n) is 11.8. The number of Topliss-reactive ketones (excluding diaryl/α,β-unsaturated/α-hetero) is 1. The van der Waals surface area contributed by atoms with E-state index in [4.69, 9.17) is 0 Å². The third kappa shape index (κ3) is 2.82. The summed E-state index contributed by atoms with van der Waals surface area (Å²) in [5, 5.41) is 1.47. The van der Waals surface area contributed by atoms with Gasteiger partial charge in [-0.2, -0.15) is 0 Å². The van der Waals surface area contributed by atoms with Gasteiger partial charge in [-0.15, -0.1) is 0 Å². The number of ketones is 1. The topological polar surface area (TPSA) is 17.1 Å². The lowest BCUT2D eigenvalue weighted by molar-refractivity contribution is -0.129. The Kier molecular flexibility index (Phi) is 5.23. The number of benzene rings is 1. The van der Waals surface area contributed by atoms with Crippen LogP contribution in [0.25, 0.3) is 5.20 Å². The van der Waals surface area contributed by atoms with Crippen molar-refractivity contribution >= 4 is 19.1 Å². The van der Waals surface area contributed by atoms with Gasteiger partial charge in [-0.1, -0.05) is 75.8 Å². The molecule has 0 saturated heterocycles. The van der Waals surface area contributed by atoms with Gasteiger partial charge in [-0.3, -0.25) is 4.79 Å². The van der Waals surface area contributed by atoms with Crippen LogP contribution in [0.2, 0.25) is 18.1 Å². The van der Waals surface area contributed by atoms with Gasteiger partial charge in [0, 0.05) is 11.8 Å². The number of carbonyl (C=O) groups is 1. The SMILES string of the molecule is C=C(c1ccc2c(c1)CC[C@@H]1[C@@H]2CC[C@]2(C)C(=O)CC[C@@H]12)[Si](CC)(CC)CC. The van der Waals surface area contributed by atoms with Crippen molar-refractivity contribution in [1.82, 2.24) is 0 Å². The number of rotatable bonds is 5. The monoisotopic (exact) mass is 394 g/mol. The fraction of sp³-hybridized carbons (Fsp3) is 0.654. The normalized spacial score (nSPS) is 31.9. The van der Waals surface area contributed by atoms with Gasteiger partial charge >= 0.3 is 0 Å². The van der Waals surface area contributed by atoms with Gasteiger partial charge < -0.3 is 0 Å². The highest BCUT2D eigenvalue weighted by molar-refractivity contribution is 6.96. The zero-order valence-electron chi connectivity index (χ0n) is 18.4. The van der Waals surface area contributed by atoms with Gasteiger partial charge in [0.05, 0.1) is 8.07 Å². The van der Waals surface area contributed by atoms with Crippen molar-refractivity contribution in [3.05, 3.63) is 41.5 Å². The van der Waals surface area contributed by atoms with Crippen molar-refractivity contribution in [3.63, 3.8) is 0 Å². The highest BCUT2D eigenvalue weighted by atomic mass is 28.3. The van der Waals surface area contributed by atoms with Crippen molar-refractivity contribution in [2.75, 3.05) is 0 Å². The van der Waals surface area contributed by atoms with Crippen LogP contribution in [0.3, 0.4) is 0 Å². The van der Waals surface area contributed by atoms with Gasteiger partial charge in [-0.05, 0) is 66.5 Å². The predicted molar refractivity (Wildman–Crippen MR) is 122 cm³/mol. The van der Waals surface area contributed by atoms with E-state index in [0.717, 1.165) is 25.2 Å². The van der Waals surface area contributed by atoms with Crippen LogP contribution >= 0.6 is 0 Å². The molecule has 2 heteroatoms. The zero-order chi connectivity index (χ0) is 20.1. The second-order valence-electron chi connectivity index (χ2n) is 10.1. The second kappa shape index (κ2) is 7.27. The van der Waals surface area contributed by atoms with Crippen LogP contribution in [0.15, 0.2) is 24.8 Å². The molecule has 28 heavy (non-hydrogen) atoms. The fourth-order valence-corrected chi connectivity index (χ4v) is 10.8. The molecule has 0 radical (unpaired) electrons. The first kappa shape index (κ1) is 20.1. The Labute approximate surface area is 173 Å². The average Bonchev–Trinajstić information content (AvgIpc) is 3.03. The molecule has 1 aromatic carbocycles. The van der Waals surface area contributed by atoms with E-state index in [-0.39, 0.29) is 5.41 Å². The molecular weight excluding hydrogens is 356 g/mol. The molecule has 1 nitrogen and oxygen atoms in total. The predicted octanol–water partition coefficient (Wildman–Crippen LogP) is 7.17. The summed E-state index contributed by atoms with van der Waals surface area (Å²) < 4.78 is 0. The molecule has 0 heterocycles. The lowest BCUT2D eigenvalue weighted by Crippen LogP contribution is -2.42. The van der Waals surface area contributed by atoms with Crippen molar-refractivity contribution in [2.24, 2.45) is 17.3 Å². The molecule has 0 unspecified atom stereocenters. The maximum Gasteiger partial charge on any atom is 0.139 e. The summed E-state index contributed by atoms with van der Waals surface area (Å²) in [6.07, 6.45) is 6.74. The molecule has 2 fully saturated rings. The quantitative estimate of drug-likeness (QED) is 0.484. The minimum Gasteiger partial charge on any atom is -0.299 e. The van der Waals surface area contributed by atoms with Crippen LogP contribution in [-0.4, -0.2) is 13.9 Å². The summed E-state index contributed by atoms with van der Waals surface area (Å²) in [7, 11) is -1.41. The van der Waals surface area contributed by atoms with Crippen molar-refractivity contribution in [2.45, 2.75) is 90.3 Å². The number of hydrogen-bond acceptors (Lipinski definition) is 1. The molecular formula is C26H38OSi. The van der Waals surface area contributed by atoms with E-state index in [0.29, 0.717) is 17.6 Å². The molecule has 1 aromatic rings. The maximum absolute atomic E-state index is 12.5. The van der Waals surface area contributed by atoms with E-state index >= 15 is 0 Å². The summed E-state index contributed by atoms with van der Waals surface area (Å²) in [4.78, 5) is 12.5. The average molecular weight is 395 g/mol. The molecule has 4 atom stereocenters. The Morgan fingerprint density at radius 1 is 1.11 bits per heavy atom. The van der Waals surface area contributed by atoms with Crippen molar-refractivity contribution in [3.8, 4) is 0 Å². The Balaban J connectivity index is 1.63. The number of hydrogen-bond donors (Lipinski definition) is 0. The van der Waals surface area contributed by atoms with Crippen molar-refractivity contribution in [1.29, 1.82) is 0 Å². The van der Waals surface area contributed by atoms with Gasteiger partial charge in [-0.25, -0.2) is 0 Å². The van der Waals surface area contributed by atoms with Crippen LogP contribution < -0.4 is 0 Å². The summed E-state index contributed by atoms with van der Waals surface area (Å²) in [6, 6.07) is 11.2. The minimum atomic E-state index is -1.41. The maximum atomic E-state index is 12.5. The van der Waals surface area contributed by atoms with Gasteiger partial charge in [0.2, 0.25) is 0 Å². The second-order valence-corrected chi connectivity index (χ2v) is 15.4. The molecule has 152 valence electrons. The van der Waals surface area contributed by atoms with E-state index in [1.165, 1.54) is 48.2 Å². The lowest BCUT2D eigenvalue weighted by Gasteiger charge is -2.48. The number of fused-ring (bicyclic) bond motifs is 5. The lowest BCUT2D eigenvalue weighted by atomic mass is 9.55. The van der Waals surface area contributed by atoms with Crippen LogP contribution in [0.1, 0.15) is 82.4 Å².